The summed E-state index contributed by atoms with van der Waals surface area (Å²) >= 11 is 6.00. The van der Waals surface area contributed by atoms with Gasteiger partial charge in [0.25, 0.3) is 0 Å². The maximum Gasteiger partial charge on any atom is 0.156 e. The van der Waals surface area contributed by atoms with E-state index < -0.39 is 0 Å². The van der Waals surface area contributed by atoms with Crippen LogP contribution in [0.15, 0.2) is 91.0 Å². The maximum atomic E-state index is 6.06. The number of ether oxygens (including phenoxy) is 1. The Morgan fingerprint density at radius 1 is 0.795 bits per heavy atom. The zero-order valence-electron chi connectivity index (χ0n) is 22.1. The van der Waals surface area contributed by atoms with E-state index in [0.717, 1.165) is 45.5 Å². The van der Waals surface area contributed by atoms with Gasteiger partial charge < -0.3 is 9.64 Å². The normalized spacial score (nSPS) is 13.8. The molecule has 2 aromatic heterocycles. The Hall–Kier alpha value is -3.67. The predicted octanol–water partition coefficient (Wildman–Crippen LogP) is 7.25. The SMILES string of the molecule is Clc1ccc(COc2cccc(-c3cccc4nc(Cc5ccc(CCCN6CCCC6)cc5)nn34)c2)cc1. The summed E-state index contributed by atoms with van der Waals surface area (Å²) in [6, 6.07) is 30.9. The molecule has 198 valence electrons. The molecule has 39 heavy (non-hydrogen) atoms. The van der Waals surface area contributed by atoms with Crippen molar-refractivity contribution in [3.8, 4) is 17.0 Å². The number of pyridine rings is 1. The summed E-state index contributed by atoms with van der Waals surface area (Å²) in [5.74, 6) is 1.62. The molecule has 3 heterocycles. The molecule has 6 heteroatoms. The Balaban J connectivity index is 1.12. The van der Waals surface area contributed by atoms with E-state index in [4.69, 9.17) is 26.4 Å². The molecular formula is C33H33ClN4O. The van der Waals surface area contributed by atoms with Gasteiger partial charge in [-0.15, -0.1) is 0 Å². The van der Waals surface area contributed by atoms with Crippen molar-refractivity contribution < 1.29 is 4.74 Å². The Morgan fingerprint density at radius 2 is 1.54 bits per heavy atom. The third-order valence-corrected chi connectivity index (χ3v) is 7.63. The molecule has 5 nitrogen and oxygen atoms in total. The van der Waals surface area contributed by atoms with Crippen molar-refractivity contribution in [3.63, 3.8) is 0 Å². The third-order valence-electron chi connectivity index (χ3n) is 7.38. The number of benzene rings is 3. The van der Waals surface area contributed by atoms with Crippen LogP contribution in [0.4, 0.5) is 0 Å². The fraction of sp³-hybridized carbons (Fsp3) is 0.273. The zero-order valence-corrected chi connectivity index (χ0v) is 22.9. The van der Waals surface area contributed by atoms with Crippen molar-refractivity contribution in [2.24, 2.45) is 0 Å². The molecular weight excluding hydrogens is 504 g/mol. The van der Waals surface area contributed by atoms with Crippen LogP contribution in [-0.4, -0.2) is 39.1 Å². The molecule has 1 saturated heterocycles. The molecule has 0 radical (unpaired) electrons. The third kappa shape index (κ3) is 6.49. The van der Waals surface area contributed by atoms with Crippen molar-refractivity contribution in [3.05, 3.63) is 119 Å². The fourth-order valence-corrected chi connectivity index (χ4v) is 5.38. The summed E-state index contributed by atoms with van der Waals surface area (Å²) in [4.78, 5) is 7.41. The molecule has 1 aliphatic rings. The summed E-state index contributed by atoms with van der Waals surface area (Å²) in [7, 11) is 0. The highest BCUT2D eigenvalue weighted by atomic mass is 35.5. The lowest BCUT2D eigenvalue weighted by molar-refractivity contribution is 0.306. The number of likely N-dealkylation sites (tertiary alicyclic amines) is 1. The number of fused-ring (bicyclic) bond motifs is 1. The number of nitrogens with zero attached hydrogens (tertiary/aromatic N) is 4. The minimum absolute atomic E-state index is 0.482. The molecule has 0 spiro atoms. The van der Waals surface area contributed by atoms with Crippen LogP contribution in [0, 0.1) is 0 Å². The second-order valence-corrected chi connectivity index (χ2v) is 10.7. The molecule has 0 amide bonds. The van der Waals surface area contributed by atoms with Crippen molar-refractivity contribution >= 4 is 17.2 Å². The Labute approximate surface area is 235 Å². The van der Waals surface area contributed by atoms with Crippen LogP contribution < -0.4 is 4.74 Å². The lowest BCUT2D eigenvalue weighted by Crippen LogP contribution is -2.20. The van der Waals surface area contributed by atoms with Crippen LogP contribution in [0.5, 0.6) is 5.75 Å². The van der Waals surface area contributed by atoms with E-state index in [1.807, 2.05) is 53.0 Å². The van der Waals surface area contributed by atoms with Crippen molar-refractivity contribution in [2.45, 2.75) is 38.7 Å². The number of hydrogen-bond donors (Lipinski definition) is 0. The minimum Gasteiger partial charge on any atom is -0.489 e. The van der Waals surface area contributed by atoms with Gasteiger partial charge in [-0.2, -0.15) is 5.10 Å². The Kier molecular flexibility index (Phi) is 7.89. The summed E-state index contributed by atoms with van der Waals surface area (Å²) in [6.45, 7) is 4.24. The van der Waals surface area contributed by atoms with Crippen LogP contribution in [0.25, 0.3) is 16.9 Å². The van der Waals surface area contributed by atoms with Gasteiger partial charge in [0.15, 0.2) is 11.5 Å². The van der Waals surface area contributed by atoms with Crippen molar-refractivity contribution in [1.29, 1.82) is 0 Å². The lowest BCUT2D eigenvalue weighted by atomic mass is 10.1. The van der Waals surface area contributed by atoms with Gasteiger partial charge in [-0.05, 0) is 98.4 Å². The van der Waals surface area contributed by atoms with Crippen LogP contribution in [-0.2, 0) is 19.4 Å². The van der Waals surface area contributed by atoms with Crippen LogP contribution >= 0.6 is 11.6 Å². The first kappa shape index (κ1) is 25.6. The van der Waals surface area contributed by atoms with Gasteiger partial charge in [-0.1, -0.05) is 66.2 Å². The predicted molar refractivity (Wildman–Crippen MR) is 157 cm³/mol. The minimum atomic E-state index is 0.482. The molecule has 0 saturated carbocycles. The van der Waals surface area contributed by atoms with Crippen LogP contribution in [0.3, 0.4) is 0 Å². The zero-order chi connectivity index (χ0) is 26.4. The number of hydrogen-bond acceptors (Lipinski definition) is 4. The van der Waals surface area contributed by atoms with Gasteiger partial charge in [0.1, 0.15) is 12.4 Å². The highest BCUT2D eigenvalue weighted by Gasteiger charge is 2.12. The smallest absolute Gasteiger partial charge is 0.156 e. The van der Waals surface area contributed by atoms with Gasteiger partial charge in [0, 0.05) is 17.0 Å². The monoisotopic (exact) mass is 536 g/mol. The molecule has 1 aliphatic heterocycles. The second-order valence-electron chi connectivity index (χ2n) is 10.3. The lowest BCUT2D eigenvalue weighted by Gasteiger charge is -2.13. The highest BCUT2D eigenvalue weighted by molar-refractivity contribution is 6.30. The Morgan fingerprint density at radius 3 is 2.36 bits per heavy atom. The van der Waals surface area contributed by atoms with E-state index in [2.05, 4.69) is 47.4 Å². The van der Waals surface area contributed by atoms with Gasteiger partial charge in [0.2, 0.25) is 0 Å². The first-order chi connectivity index (χ1) is 19.2. The number of rotatable bonds is 10. The van der Waals surface area contributed by atoms with E-state index in [-0.39, 0.29) is 0 Å². The highest BCUT2D eigenvalue weighted by Crippen LogP contribution is 2.25. The molecule has 0 aliphatic carbocycles. The summed E-state index contributed by atoms with van der Waals surface area (Å²) in [5.41, 5.74) is 6.56. The van der Waals surface area contributed by atoms with Crippen LogP contribution in [0.1, 0.15) is 41.8 Å². The van der Waals surface area contributed by atoms with E-state index in [1.165, 1.54) is 50.0 Å². The average molecular weight is 537 g/mol. The van der Waals surface area contributed by atoms with Crippen molar-refractivity contribution in [2.75, 3.05) is 19.6 Å². The topological polar surface area (TPSA) is 42.7 Å². The molecule has 3 aromatic carbocycles. The van der Waals surface area contributed by atoms with E-state index in [1.54, 1.807) is 0 Å². The van der Waals surface area contributed by atoms with Gasteiger partial charge in [-0.3, -0.25) is 0 Å². The van der Waals surface area contributed by atoms with Gasteiger partial charge >= 0.3 is 0 Å². The summed E-state index contributed by atoms with van der Waals surface area (Å²) in [5, 5.41) is 5.60. The standard InChI is InChI=1S/C33H33ClN4O/c34-29-17-15-27(16-18-29)24-39-30-8-3-7-28(23-30)31-9-4-10-33-35-32(36-38(31)33)22-26-13-11-25(12-14-26)6-5-21-37-19-1-2-20-37/h3-4,7-18,23H,1-2,5-6,19-22,24H2. The molecule has 5 aromatic rings. The average Bonchev–Trinajstić information content (AvgIpc) is 3.63. The van der Waals surface area contributed by atoms with E-state index >= 15 is 0 Å². The molecule has 0 atom stereocenters. The van der Waals surface area contributed by atoms with Gasteiger partial charge in [0.05, 0.1) is 5.69 Å². The van der Waals surface area contributed by atoms with Crippen LogP contribution in [0.2, 0.25) is 5.02 Å². The number of aromatic nitrogens is 3. The molecule has 0 bridgehead atoms. The summed E-state index contributed by atoms with van der Waals surface area (Å²) < 4.78 is 7.99. The first-order valence-electron chi connectivity index (χ1n) is 13.8. The molecule has 0 N–H and O–H groups in total. The number of halogens is 1. The molecule has 1 fully saturated rings. The first-order valence-corrected chi connectivity index (χ1v) is 14.2. The molecule has 0 unspecified atom stereocenters. The number of aryl methyl sites for hydroxylation is 1. The Bertz CT molecular complexity index is 1520. The second kappa shape index (κ2) is 12.0. The quantitative estimate of drug-likeness (QED) is 0.188. The maximum absolute atomic E-state index is 6.06. The van der Waals surface area contributed by atoms with Crippen molar-refractivity contribution in [1.82, 2.24) is 19.5 Å². The summed E-state index contributed by atoms with van der Waals surface area (Å²) in [6.07, 6.45) is 5.79. The fourth-order valence-electron chi connectivity index (χ4n) is 5.25. The largest absolute Gasteiger partial charge is 0.489 e. The van der Waals surface area contributed by atoms with Gasteiger partial charge in [-0.25, -0.2) is 9.50 Å². The molecule has 6 rings (SSSR count). The van der Waals surface area contributed by atoms with E-state index in [0.29, 0.717) is 13.0 Å². The van der Waals surface area contributed by atoms with E-state index in [9.17, 15) is 0 Å².